The first kappa shape index (κ1) is 12.2. The van der Waals surface area contributed by atoms with Crippen molar-refractivity contribution in [2.45, 2.75) is 0 Å². The number of hydrogen-bond acceptors (Lipinski definition) is 4. The van der Waals surface area contributed by atoms with Crippen molar-refractivity contribution in [3.63, 3.8) is 0 Å². The van der Waals surface area contributed by atoms with E-state index in [0.717, 1.165) is 23.7 Å². The van der Waals surface area contributed by atoms with Gasteiger partial charge in [0, 0.05) is 30.8 Å². The third kappa shape index (κ3) is 3.38. The van der Waals surface area contributed by atoms with Crippen LogP contribution < -0.4 is 15.4 Å². The minimum Gasteiger partial charge on any atom is -0.492 e. The third-order valence-electron chi connectivity index (χ3n) is 2.68. The lowest BCUT2D eigenvalue weighted by Gasteiger charge is -2.19. The Balaban J connectivity index is 1.80. The number of ether oxygens (including phenoxy) is 1. The zero-order valence-corrected chi connectivity index (χ0v) is 10.4. The molecular formula is C14H17N3O. The van der Waals surface area contributed by atoms with Crippen LogP contribution in [0.5, 0.6) is 5.75 Å². The SMILES string of the molecule is CN(CCOc1ccc(N)cc1)c1ccncc1. The molecule has 0 aliphatic heterocycles. The lowest BCUT2D eigenvalue weighted by Crippen LogP contribution is -2.23. The Labute approximate surface area is 107 Å². The van der Waals surface area contributed by atoms with Gasteiger partial charge < -0.3 is 15.4 Å². The van der Waals surface area contributed by atoms with Crippen molar-refractivity contribution in [3.05, 3.63) is 48.8 Å². The highest BCUT2D eigenvalue weighted by molar-refractivity contribution is 5.43. The fourth-order valence-corrected chi connectivity index (χ4v) is 1.59. The van der Waals surface area contributed by atoms with E-state index in [1.807, 2.05) is 43.4 Å². The summed E-state index contributed by atoms with van der Waals surface area (Å²) in [6.07, 6.45) is 3.57. The van der Waals surface area contributed by atoms with E-state index in [-0.39, 0.29) is 0 Å². The molecule has 4 nitrogen and oxygen atoms in total. The van der Waals surface area contributed by atoms with Gasteiger partial charge in [-0.3, -0.25) is 4.98 Å². The molecule has 2 rings (SSSR count). The number of benzene rings is 1. The second kappa shape index (κ2) is 5.91. The van der Waals surface area contributed by atoms with Crippen LogP contribution in [0.1, 0.15) is 0 Å². The van der Waals surface area contributed by atoms with Crippen molar-refractivity contribution < 1.29 is 4.74 Å². The van der Waals surface area contributed by atoms with Crippen molar-refractivity contribution in [1.29, 1.82) is 0 Å². The molecule has 4 heteroatoms. The van der Waals surface area contributed by atoms with Gasteiger partial charge in [-0.1, -0.05) is 0 Å². The summed E-state index contributed by atoms with van der Waals surface area (Å²) in [5.41, 5.74) is 7.49. The Bertz CT molecular complexity index is 470. The molecule has 1 aromatic heterocycles. The number of anilines is 2. The number of nitrogens with two attached hydrogens (primary N) is 1. The molecule has 2 aromatic rings. The normalized spacial score (nSPS) is 10.1. The minimum atomic E-state index is 0.628. The number of rotatable bonds is 5. The summed E-state index contributed by atoms with van der Waals surface area (Å²) in [5.74, 6) is 0.840. The van der Waals surface area contributed by atoms with E-state index in [1.54, 1.807) is 12.4 Å². The van der Waals surface area contributed by atoms with E-state index in [0.29, 0.717) is 6.61 Å². The first-order valence-electron chi connectivity index (χ1n) is 5.85. The summed E-state index contributed by atoms with van der Waals surface area (Å²) in [5, 5.41) is 0. The molecule has 0 spiro atoms. The van der Waals surface area contributed by atoms with Crippen LogP contribution in [-0.4, -0.2) is 25.2 Å². The Morgan fingerprint density at radius 1 is 1.11 bits per heavy atom. The predicted molar refractivity (Wildman–Crippen MR) is 73.9 cm³/mol. The largest absolute Gasteiger partial charge is 0.492 e. The van der Waals surface area contributed by atoms with Crippen molar-refractivity contribution in [1.82, 2.24) is 4.98 Å². The minimum absolute atomic E-state index is 0.628. The van der Waals surface area contributed by atoms with Gasteiger partial charge in [0.2, 0.25) is 0 Å². The lowest BCUT2D eigenvalue weighted by atomic mass is 10.3. The Hall–Kier alpha value is -2.23. The van der Waals surface area contributed by atoms with E-state index >= 15 is 0 Å². The summed E-state index contributed by atoms with van der Waals surface area (Å²) in [6, 6.07) is 11.4. The highest BCUT2D eigenvalue weighted by Gasteiger charge is 2.00. The molecular weight excluding hydrogens is 226 g/mol. The van der Waals surface area contributed by atoms with Gasteiger partial charge in [0.25, 0.3) is 0 Å². The Morgan fingerprint density at radius 2 is 1.78 bits per heavy atom. The molecule has 0 aliphatic rings. The maximum Gasteiger partial charge on any atom is 0.119 e. The monoisotopic (exact) mass is 243 g/mol. The van der Waals surface area contributed by atoms with Crippen molar-refractivity contribution in [2.24, 2.45) is 0 Å². The maximum absolute atomic E-state index is 5.64. The van der Waals surface area contributed by atoms with Gasteiger partial charge in [-0.25, -0.2) is 0 Å². The van der Waals surface area contributed by atoms with E-state index < -0.39 is 0 Å². The zero-order valence-electron chi connectivity index (χ0n) is 10.4. The molecule has 0 saturated heterocycles. The third-order valence-corrected chi connectivity index (χ3v) is 2.68. The summed E-state index contributed by atoms with van der Waals surface area (Å²) in [4.78, 5) is 6.12. The van der Waals surface area contributed by atoms with Crippen molar-refractivity contribution >= 4 is 11.4 Å². The summed E-state index contributed by atoms with van der Waals surface area (Å²) in [6.45, 7) is 1.44. The molecule has 2 N–H and O–H groups in total. The molecule has 0 bridgehead atoms. The number of aromatic nitrogens is 1. The molecule has 0 amide bonds. The van der Waals surface area contributed by atoms with Crippen LogP contribution >= 0.6 is 0 Å². The summed E-state index contributed by atoms with van der Waals surface area (Å²) < 4.78 is 5.64. The molecule has 1 aromatic carbocycles. The Morgan fingerprint density at radius 3 is 2.44 bits per heavy atom. The fraction of sp³-hybridized carbons (Fsp3) is 0.214. The Kier molecular flexibility index (Phi) is 4.02. The smallest absolute Gasteiger partial charge is 0.119 e. The average molecular weight is 243 g/mol. The van der Waals surface area contributed by atoms with E-state index in [2.05, 4.69) is 9.88 Å². The summed E-state index contributed by atoms with van der Waals surface area (Å²) >= 11 is 0. The molecule has 18 heavy (non-hydrogen) atoms. The highest BCUT2D eigenvalue weighted by atomic mass is 16.5. The van der Waals surface area contributed by atoms with Gasteiger partial charge in [0.15, 0.2) is 0 Å². The molecule has 0 atom stereocenters. The first-order chi connectivity index (χ1) is 8.75. The molecule has 0 saturated carbocycles. The highest BCUT2D eigenvalue weighted by Crippen LogP contribution is 2.13. The fourth-order valence-electron chi connectivity index (χ4n) is 1.59. The van der Waals surface area contributed by atoms with Gasteiger partial charge >= 0.3 is 0 Å². The van der Waals surface area contributed by atoms with Gasteiger partial charge in [-0.2, -0.15) is 0 Å². The maximum atomic E-state index is 5.64. The number of likely N-dealkylation sites (N-methyl/N-ethyl adjacent to an activating group) is 1. The van der Waals surface area contributed by atoms with Gasteiger partial charge in [0.05, 0.1) is 6.54 Å². The lowest BCUT2D eigenvalue weighted by molar-refractivity contribution is 0.326. The predicted octanol–water partition coefficient (Wildman–Crippen LogP) is 2.18. The van der Waals surface area contributed by atoms with Crippen LogP contribution in [-0.2, 0) is 0 Å². The number of hydrogen-bond donors (Lipinski definition) is 1. The van der Waals surface area contributed by atoms with Crippen molar-refractivity contribution in [2.75, 3.05) is 30.8 Å². The van der Waals surface area contributed by atoms with Crippen LogP contribution in [0.15, 0.2) is 48.8 Å². The number of pyridine rings is 1. The van der Waals surface area contributed by atoms with Gasteiger partial charge in [-0.15, -0.1) is 0 Å². The van der Waals surface area contributed by atoms with Crippen LogP contribution in [0.3, 0.4) is 0 Å². The molecule has 0 aliphatic carbocycles. The van der Waals surface area contributed by atoms with Crippen LogP contribution in [0.4, 0.5) is 11.4 Å². The van der Waals surface area contributed by atoms with Gasteiger partial charge in [0.1, 0.15) is 12.4 Å². The molecule has 0 unspecified atom stereocenters. The van der Waals surface area contributed by atoms with Crippen LogP contribution in [0.25, 0.3) is 0 Å². The average Bonchev–Trinajstić information content (AvgIpc) is 2.42. The van der Waals surface area contributed by atoms with Crippen LogP contribution in [0, 0.1) is 0 Å². The van der Waals surface area contributed by atoms with E-state index in [1.165, 1.54) is 0 Å². The standard InChI is InChI=1S/C14H17N3O/c1-17(13-6-8-16-9-7-13)10-11-18-14-4-2-12(15)3-5-14/h2-9H,10-11,15H2,1H3. The zero-order chi connectivity index (χ0) is 12.8. The quantitative estimate of drug-likeness (QED) is 0.818. The van der Waals surface area contributed by atoms with E-state index in [9.17, 15) is 0 Å². The summed E-state index contributed by atoms with van der Waals surface area (Å²) in [7, 11) is 2.03. The van der Waals surface area contributed by atoms with Crippen LogP contribution in [0.2, 0.25) is 0 Å². The topological polar surface area (TPSA) is 51.4 Å². The molecule has 0 radical (unpaired) electrons. The van der Waals surface area contributed by atoms with E-state index in [4.69, 9.17) is 10.5 Å². The molecule has 1 heterocycles. The van der Waals surface area contributed by atoms with Gasteiger partial charge in [-0.05, 0) is 36.4 Å². The first-order valence-corrected chi connectivity index (χ1v) is 5.85. The second-order valence-electron chi connectivity index (χ2n) is 4.04. The molecule has 94 valence electrons. The van der Waals surface area contributed by atoms with Crippen molar-refractivity contribution in [3.8, 4) is 5.75 Å². The molecule has 0 fully saturated rings. The second-order valence-corrected chi connectivity index (χ2v) is 4.04. The number of nitrogen functional groups attached to an aromatic ring is 1. The number of nitrogens with zero attached hydrogens (tertiary/aromatic N) is 2.